The highest BCUT2D eigenvalue weighted by atomic mass is 127. The number of phenolic OH excluding ortho intramolecular Hbond substituents is 2. The van der Waals surface area contributed by atoms with Crippen molar-refractivity contribution in [2.45, 2.75) is 191 Å². The van der Waals surface area contributed by atoms with Gasteiger partial charge in [-0.2, -0.15) is 0 Å². The van der Waals surface area contributed by atoms with Crippen molar-refractivity contribution in [1.29, 1.82) is 0 Å². The van der Waals surface area contributed by atoms with E-state index < -0.39 is 0 Å². The molecular weight excluding hydrogens is 1110 g/mol. The fourth-order valence-corrected chi connectivity index (χ4v) is 8.87. The van der Waals surface area contributed by atoms with Gasteiger partial charge in [0.25, 0.3) is 0 Å². The molecule has 0 radical (unpaired) electrons. The highest BCUT2D eigenvalue weighted by Crippen LogP contribution is 2.33. The Hall–Kier alpha value is -1.60. The predicted octanol–water partition coefficient (Wildman–Crippen LogP) is 19.3. The van der Waals surface area contributed by atoms with Gasteiger partial charge in [0.1, 0.15) is 34.5 Å². The van der Waals surface area contributed by atoms with Crippen LogP contribution in [0.2, 0.25) is 0 Å². The molecule has 9 heteroatoms. The van der Waals surface area contributed by atoms with Gasteiger partial charge in [-0.1, -0.05) is 175 Å². The van der Waals surface area contributed by atoms with Crippen LogP contribution >= 0.6 is 61.1 Å². The topological polar surface area (TPSA) is 77.4 Å². The number of phenols is 2. The minimum atomic E-state index is 0.169. The van der Waals surface area contributed by atoms with E-state index in [2.05, 4.69) is 142 Å². The lowest BCUT2D eigenvalue weighted by atomic mass is 10.0. The summed E-state index contributed by atoms with van der Waals surface area (Å²) in [5.41, 5.74) is 0. The lowest BCUT2D eigenvalue weighted by Crippen LogP contribution is -2.13. The predicted molar refractivity (Wildman–Crippen MR) is 306 cm³/mol. The van der Waals surface area contributed by atoms with E-state index in [-0.39, 0.29) is 11.5 Å². The molecule has 3 aromatic rings. The first kappa shape index (κ1) is 64.4. The normalized spacial score (nSPS) is 13.0. The second kappa shape index (κ2) is 43.4. The minimum absolute atomic E-state index is 0.169. The number of benzene rings is 3. The van der Waals surface area contributed by atoms with Crippen LogP contribution in [-0.2, 0) is 0 Å². The van der Waals surface area contributed by atoms with Crippen LogP contribution in [0.1, 0.15) is 191 Å². The number of aromatic hydroxyl groups is 2. The van der Waals surface area contributed by atoms with Gasteiger partial charge in [0.05, 0.1) is 33.6 Å². The molecule has 0 amide bonds. The van der Waals surface area contributed by atoms with Gasteiger partial charge in [-0.05, 0) is 168 Å². The van der Waals surface area contributed by atoms with Crippen molar-refractivity contribution in [3.05, 3.63) is 67.8 Å². The Morgan fingerprint density at radius 3 is 1.06 bits per heavy atom. The number of unbranched alkanes of at least 4 members (excludes halogenated alkanes) is 5. The van der Waals surface area contributed by atoms with E-state index in [1.54, 1.807) is 0 Å². The fourth-order valence-electron chi connectivity index (χ4n) is 6.90. The monoisotopic (exact) mass is 1210 g/mol. The van der Waals surface area contributed by atoms with Gasteiger partial charge in [0, 0.05) is 5.33 Å². The van der Waals surface area contributed by atoms with Gasteiger partial charge in [0.15, 0.2) is 0 Å². The average molecular weight is 1210 g/mol. The van der Waals surface area contributed by atoms with Gasteiger partial charge < -0.3 is 29.2 Å². The molecule has 0 bridgehead atoms. The zero-order valence-electron chi connectivity index (χ0n) is 43.3. The number of alkyl halides is 1. The van der Waals surface area contributed by atoms with Crippen LogP contribution in [0.5, 0.6) is 34.5 Å². The Morgan fingerprint density at radius 1 is 0.439 bits per heavy atom. The third kappa shape index (κ3) is 33.0. The van der Waals surface area contributed by atoms with Crippen LogP contribution in [0.15, 0.2) is 60.7 Å². The van der Waals surface area contributed by atoms with Crippen LogP contribution in [0, 0.1) is 36.7 Å². The van der Waals surface area contributed by atoms with E-state index in [9.17, 15) is 0 Å². The molecule has 0 aliphatic heterocycles. The third-order valence-corrected chi connectivity index (χ3v) is 14.7. The first-order valence-corrected chi connectivity index (χ1v) is 29.3. The van der Waals surface area contributed by atoms with Crippen molar-refractivity contribution in [3.8, 4) is 34.5 Å². The summed E-state index contributed by atoms with van der Waals surface area (Å²) >= 11 is 8.25. The van der Waals surface area contributed by atoms with E-state index in [0.29, 0.717) is 23.7 Å². The Morgan fingerprint density at radius 2 is 0.742 bits per heavy atom. The van der Waals surface area contributed by atoms with Crippen LogP contribution in [0.25, 0.3) is 0 Å². The standard InChI is InChI=1S/C22H36I2O2.C21H36O2.C8H17Br.C6H6O2/c1-5-9-11-17(7-3)15-25-21-13-20(24)22(14-19(21)23)26-16-18(8-4)12-10-6-2;1-5-8-10-18(4)16-22-20-12-14-21(15-13-20)23-17-19(7-3)11-9-6-2;1-3-5-6-8(4-2)7-9;7-5-1-2-6(8)4-3-5/h13-14,17-18H,5-12,15-16H2,1-4H3;12-15,18-19H,5-11,16-17H2,1-4H3;8H,3-7H2,1-2H3;1-4,7-8H. The first-order chi connectivity index (χ1) is 31.9. The Kier molecular flexibility index (Phi) is 42.4. The molecule has 0 aromatic heterocycles. The Balaban J connectivity index is 0.000000951. The Bertz CT molecular complexity index is 1450. The largest absolute Gasteiger partial charge is 0.508 e. The van der Waals surface area contributed by atoms with Crippen molar-refractivity contribution in [3.63, 3.8) is 0 Å². The van der Waals surface area contributed by atoms with Crippen LogP contribution in [0.3, 0.4) is 0 Å². The summed E-state index contributed by atoms with van der Waals surface area (Å²) in [5.74, 6) is 7.75. The van der Waals surface area contributed by atoms with Gasteiger partial charge in [-0.15, -0.1) is 0 Å². The molecule has 380 valence electrons. The summed E-state index contributed by atoms with van der Waals surface area (Å²) in [6.07, 6.45) is 24.3. The number of halogens is 3. The summed E-state index contributed by atoms with van der Waals surface area (Å²) in [4.78, 5) is 0. The first-order valence-electron chi connectivity index (χ1n) is 26.0. The smallest absolute Gasteiger partial charge is 0.133 e. The number of rotatable bonds is 32. The van der Waals surface area contributed by atoms with Crippen LogP contribution < -0.4 is 18.9 Å². The summed E-state index contributed by atoms with van der Waals surface area (Å²) in [6.45, 7) is 25.8. The van der Waals surface area contributed by atoms with Crippen LogP contribution in [-0.4, -0.2) is 42.0 Å². The van der Waals surface area contributed by atoms with Crippen molar-refractivity contribution in [2.24, 2.45) is 29.6 Å². The molecule has 5 atom stereocenters. The Labute approximate surface area is 441 Å². The van der Waals surface area contributed by atoms with E-state index in [1.807, 2.05) is 24.3 Å². The van der Waals surface area contributed by atoms with Gasteiger partial charge in [-0.3, -0.25) is 0 Å². The van der Waals surface area contributed by atoms with E-state index >= 15 is 0 Å². The van der Waals surface area contributed by atoms with Gasteiger partial charge in [0.2, 0.25) is 0 Å². The highest BCUT2D eigenvalue weighted by Gasteiger charge is 2.14. The van der Waals surface area contributed by atoms with Crippen LogP contribution in [0.4, 0.5) is 0 Å². The number of hydrogen-bond acceptors (Lipinski definition) is 6. The molecule has 0 heterocycles. The van der Waals surface area contributed by atoms with E-state index in [1.165, 1.54) is 152 Å². The molecule has 0 spiro atoms. The summed E-state index contributed by atoms with van der Waals surface area (Å²) in [6, 6.07) is 18.1. The van der Waals surface area contributed by atoms with Gasteiger partial charge >= 0.3 is 0 Å². The minimum Gasteiger partial charge on any atom is -0.508 e. The lowest BCUT2D eigenvalue weighted by molar-refractivity contribution is 0.225. The molecule has 3 aromatic carbocycles. The molecule has 2 N–H and O–H groups in total. The van der Waals surface area contributed by atoms with E-state index in [4.69, 9.17) is 29.2 Å². The van der Waals surface area contributed by atoms with Gasteiger partial charge in [-0.25, -0.2) is 0 Å². The highest BCUT2D eigenvalue weighted by molar-refractivity contribution is 14.1. The molecule has 6 nitrogen and oxygen atoms in total. The molecule has 3 rings (SSSR count). The maximum atomic E-state index is 8.65. The number of hydrogen-bond donors (Lipinski definition) is 2. The fraction of sp³-hybridized carbons (Fsp3) is 0.684. The van der Waals surface area contributed by atoms with Crippen molar-refractivity contribution < 1.29 is 29.2 Å². The third-order valence-electron chi connectivity index (χ3n) is 12.1. The van der Waals surface area contributed by atoms with Crippen molar-refractivity contribution in [1.82, 2.24) is 0 Å². The molecule has 66 heavy (non-hydrogen) atoms. The van der Waals surface area contributed by atoms with Crippen molar-refractivity contribution >= 4 is 61.1 Å². The quantitative estimate of drug-likeness (QED) is 0.0368. The second-order valence-electron chi connectivity index (χ2n) is 18.0. The van der Waals surface area contributed by atoms with E-state index in [0.717, 1.165) is 62.5 Å². The zero-order valence-corrected chi connectivity index (χ0v) is 49.2. The molecular formula is C57H95BrI2O6. The molecule has 5 unspecified atom stereocenters. The maximum Gasteiger partial charge on any atom is 0.133 e. The SMILES string of the molecule is CCCCC(C)COc1ccc(OCC(CC)CCCC)cc1.CCCCC(CC)CBr.CCCCC(CC)COc1cc(I)c(OCC(CC)CCCC)cc1I.Oc1ccc(O)cc1. The molecule has 0 aliphatic carbocycles. The second-order valence-corrected chi connectivity index (χ2v) is 21.0. The number of ether oxygens (including phenoxy) is 4. The summed E-state index contributed by atoms with van der Waals surface area (Å²) < 4.78 is 26.4. The molecule has 0 saturated carbocycles. The average Bonchev–Trinajstić information content (AvgIpc) is 3.33. The zero-order chi connectivity index (χ0) is 49.4. The molecule has 0 fully saturated rings. The van der Waals surface area contributed by atoms with Crippen molar-refractivity contribution in [2.75, 3.05) is 31.8 Å². The molecule has 0 saturated heterocycles. The lowest BCUT2D eigenvalue weighted by Gasteiger charge is -2.19. The maximum absolute atomic E-state index is 8.65. The molecule has 0 aliphatic rings. The summed E-state index contributed by atoms with van der Waals surface area (Å²) in [5, 5.41) is 18.5. The summed E-state index contributed by atoms with van der Waals surface area (Å²) in [7, 11) is 0.